The molecule has 0 amide bonds. The minimum Gasteiger partial charge on any atom is -0.486 e. The smallest absolute Gasteiger partial charge is 0.191 e. The van der Waals surface area contributed by atoms with Gasteiger partial charge in [-0.05, 0) is 49.1 Å². The molecule has 0 fully saturated rings. The third-order valence-corrected chi connectivity index (χ3v) is 4.13. The Bertz CT molecular complexity index is 727. The predicted octanol–water partition coefficient (Wildman–Crippen LogP) is 3.71. The van der Waals surface area contributed by atoms with Crippen molar-refractivity contribution in [2.45, 2.75) is 32.8 Å². The summed E-state index contributed by atoms with van der Waals surface area (Å²) in [6.07, 6.45) is 5.18. The highest BCUT2D eigenvalue weighted by molar-refractivity contribution is 14.0. The number of nitrogens with one attached hydrogen (secondary N) is 2. The SMILES string of the molecule is CCC(CNC(=NC)NCCc1ccncc1C)Oc1ccccc1F.I. The fraction of sp³-hybridized carbons (Fsp3) is 0.400. The van der Waals surface area contributed by atoms with Crippen LogP contribution in [0.25, 0.3) is 0 Å². The van der Waals surface area contributed by atoms with E-state index in [-0.39, 0.29) is 41.6 Å². The van der Waals surface area contributed by atoms with Crippen molar-refractivity contribution in [1.29, 1.82) is 0 Å². The average molecular weight is 486 g/mol. The third-order valence-electron chi connectivity index (χ3n) is 4.13. The van der Waals surface area contributed by atoms with Gasteiger partial charge < -0.3 is 15.4 Å². The van der Waals surface area contributed by atoms with Crippen LogP contribution in [0.5, 0.6) is 5.75 Å². The van der Waals surface area contributed by atoms with E-state index in [0.29, 0.717) is 12.5 Å². The molecule has 0 saturated heterocycles. The number of aliphatic imine (C=N–C) groups is 1. The monoisotopic (exact) mass is 486 g/mol. The second kappa shape index (κ2) is 12.5. The summed E-state index contributed by atoms with van der Waals surface area (Å²) in [6.45, 7) is 5.37. The van der Waals surface area contributed by atoms with Crippen LogP contribution in [-0.4, -0.2) is 37.2 Å². The molecular formula is C20H28FIN4O. The zero-order valence-electron chi connectivity index (χ0n) is 16.0. The minimum absolute atomic E-state index is 0. The molecule has 0 bridgehead atoms. The van der Waals surface area contributed by atoms with Crippen molar-refractivity contribution in [2.24, 2.45) is 4.99 Å². The summed E-state index contributed by atoms with van der Waals surface area (Å²) in [5.41, 5.74) is 2.44. The second-order valence-electron chi connectivity index (χ2n) is 6.01. The van der Waals surface area contributed by atoms with Crippen molar-refractivity contribution in [1.82, 2.24) is 15.6 Å². The summed E-state index contributed by atoms with van der Waals surface area (Å²) in [4.78, 5) is 8.33. The number of halogens is 2. The zero-order valence-corrected chi connectivity index (χ0v) is 18.4. The molecule has 1 heterocycles. The minimum atomic E-state index is -0.346. The van der Waals surface area contributed by atoms with Crippen molar-refractivity contribution < 1.29 is 9.13 Å². The lowest BCUT2D eigenvalue weighted by molar-refractivity contribution is 0.191. The molecule has 0 aliphatic carbocycles. The Labute approximate surface area is 177 Å². The first-order valence-corrected chi connectivity index (χ1v) is 8.89. The van der Waals surface area contributed by atoms with E-state index in [1.165, 1.54) is 17.2 Å². The first-order chi connectivity index (χ1) is 12.6. The summed E-state index contributed by atoms with van der Waals surface area (Å²) in [5, 5.41) is 6.53. The van der Waals surface area contributed by atoms with Crippen LogP contribution < -0.4 is 15.4 Å². The maximum absolute atomic E-state index is 13.7. The van der Waals surface area contributed by atoms with Gasteiger partial charge >= 0.3 is 0 Å². The zero-order chi connectivity index (χ0) is 18.8. The largest absolute Gasteiger partial charge is 0.486 e. The molecule has 2 rings (SSSR count). The van der Waals surface area contributed by atoms with E-state index in [9.17, 15) is 4.39 Å². The van der Waals surface area contributed by atoms with Gasteiger partial charge in [0.15, 0.2) is 17.5 Å². The number of hydrogen-bond donors (Lipinski definition) is 2. The molecule has 0 aliphatic rings. The van der Waals surface area contributed by atoms with E-state index >= 15 is 0 Å². The van der Waals surface area contributed by atoms with Gasteiger partial charge in [0, 0.05) is 26.0 Å². The first kappa shape index (κ1) is 23.1. The van der Waals surface area contributed by atoms with E-state index in [2.05, 4.69) is 27.5 Å². The number of para-hydroxylation sites is 1. The van der Waals surface area contributed by atoms with E-state index in [1.807, 2.05) is 19.2 Å². The van der Waals surface area contributed by atoms with Crippen molar-refractivity contribution in [3.63, 3.8) is 0 Å². The highest BCUT2D eigenvalue weighted by atomic mass is 127. The summed E-state index contributed by atoms with van der Waals surface area (Å²) in [5.74, 6) is 0.630. The van der Waals surface area contributed by atoms with Gasteiger partial charge in [0.05, 0.1) is 6.54 Å². The third kappa shape index (κ3) is 7.70. The number of aryl methyl sites for hydroxylation is 1. The molecule has 5 nitrogen and oxygen atoms in total. The van der Waals surface area contributed by atoms with Crippen molar-refractivity contribution in [3.8, 4) is 5.75 Å². The van der Waals surface area contributed by atoms with Crippen LogP contribution in [0.2, 0.25) is 0 Å². The van der Waals surface area contributed by atoms with Crippen molar-refractivity contribution in [2.75, 3.05) is 20.1 Å². The van der Waals surface area contributed by atoms with Gasteiger partial charge in [0.1, 0.15) is 6.10 Å². The van der Waals surface area contributed by atoms with Crippen LogP contribution >= 0.6 is 24.0 Å². The van der Waals surface area contributed by atoms with Gasteiger partial charge in [-0.25, -0.2) is 4.39 Å². The van der Waals surface area contributed by atoms with Gasteiger partial charge in [-0.3, -0.25) is 9.98 Å². The van der Waals surface area contributed by atoms with E-state index in [0.717, 1.165) is 19.4 Å². The fourth-order valence-corrected chi connectivity index (χ4v) is 2.52. The number of benzene rings is 1. The Balaban J connectivity index is 0.00000364. The van der Waals surface area contributed by atoms with Crippen molar-refractivity contribution in [3.05, 3.63) is 59.7 Å². The molecule has 2 aromatic rings. The molecule has 0 saturated carbocycles. The molecule has 2 N–H and O–H groups in total. The standard InChI is InChI=1S/C20H27FN4O.HI/c1-4-17(26-19-8-6-5-7-18(19)21)14-25-20(22-3)24-12-10-16-9-11-23-13-15(16)2;/h5-9,11,13,17H,4,10,12,14H2,1-3H3,(H2,22,24,25);1H. The molecule has 1 aromatic carbocycles. The summed E-state index contributed by atoms with van der Waals surface area (Å²) in [7, 11) is 1.73. The Morgan fingerprint density at radius 1 is 1.26 bits per heavy atom. The lowest BCUT2D eigenvalue weighted by Crippen LogP contribution is -2.43. The van der Waals surface area contributed by atoms with Crippen LogP contribution in [0.4, 0.5) is 4.39 Å². The molecule has 0 radical (unpaired) electrons. The van der Waals surface area contributed by atoms with Gasteiger partial charge in [0.25, 0.3) is 0 Å². The predicted molar refractivity (Wildman–Crippen MR) is 119 cm³/mol. The average Bonchev–Trinajstić information content (AvgIpc) is 2.66. The van der Waals surface area contributed by atoms with Gasteiger partial charge in [-0.1, -0.05) is 19.1 Å². The van der Waals surface area contributed by atoms with E-state index in [1.54, 1.807) is 31.4 Å². The molecule has 148 valence electrons. The number of guanidine groups is 1. The summed E-state index contributed by atoms with van der Waals surface area (Å²) >= 11 is 0. The maximum Gasteiger partial charge on any atom is 0.191 e. The number of hydrogen-bond acceptors (Lipinski definition) is 3. The Kier molecular flexibility index (Phi) is 10.7. The first-order valence-electron chi connectivity index (χ1n) is 8.89. The number of rotatable bonds is 8. The van der Waals surface area contributed by atoms with Gasteiger partial charge in [-0.2, -0.15) is 0 Å². The Morgan fingerprint density at radius 2 is 2.04 bits per heavy atom. The molecule has 0 spiro atoms. The quantitative estimate of drug-likeness (QED) is 0.340. The van der Waals surface area contributed by atoms with Crippen LogP contribution in [0.1, 0.15) is 24.5 Å². The maximum atomic E-state index is 13.7. The molecule has 0 aliphatic heterocycles. The molecular weight excluding hydrogens is 458 g/mol. The van der Waals surface area contributed by atoms with Crippen molar-refractivity contribution >= 4 is 29.9 Å². The lowest BCUT2D eigenvalue weighted by Gasteiger charge is -2.20. The normalized spacial score (nSPS) is 12.1. The van der Waals surface area contributed by atoms with E-state index in [4.69, 9.17) is 4.74 Å². The number of ether oxygens (including phenoxy) is 1. The second-order valence-corrected chi connectivity index (χ2v) is 6.01. The van der Waals surface area contributed by atoms with Crippen LogP contribution in [0.3, 0.4) is 0 Å². The Hall–Kier alpha value is -1.90. The molecule has 1 atom stereocenters. The van der Waals surface area contributed by atoms with Gasteiger partial charge in [0.2, 0.25) is 0 Å². The fourth-order valence-electron chi connectivity index (χ4n) is 2.52. The topological polar surface area (TPSA) is 58.5 Å². The lowest BCUT2D eigenvalue weighted by atomic mass is 10.1. The number of pyridine rings is 1. The highest BCUT2D eigenvalue weighted by Gasteiger charge is 2.12. The van der Waals surface area contributed by atoms with Crippen LogP contribution in [-0.2, 0) is 6.42 Å². The number of aromatic nitrogens is 1. The van der Waals surface area contributed by atoms with Crippen LogP contribution in [0, 0.1) is 12.7 Å². The van der Waals surface area contributed by atoms with Gasteiger partial charge in [-0.15, -0.1) is 24.0 Å². The highest BCUT2D eigenvalue weighted by Crippen LogP contribution is 2.17. The summed E-state index contributed by atoms with van der Waals surface area (Å²) in [6, 6.07) is 8.49. The Morgan fingerprint density at radius 3 is 2.70 bits per heavy atom. The molecule has 7 heteroatoms. The van der Waals surface area contributed by atoms with Crippen LogP contribution in [0.15, 0.2) is 47.7 Å². The van der Waals surface area contributed by atoms with E-state index < -0.39 is 0 Å². The molecule has 27 heavy (non-hydrogen) atoms. The molecule has 1 unspecified atom stereocenters. The number of nitrogens with zero attached hydrogens (tertiary/aromatic N) is 2. The summed E-state index contributed by atoms with van der Waals surface area (Å²) < 4.78 is 19.5. The molecule has 1 aromatic heterocycles.